The number of carbonyl (C=O) groups is 2. The molecular formula is C22H35N7O2. The first-order chi connectivity index (χ1) is 15.1. The average molecular weight is 430 g/mol. The molecular weight excluding hydrogens is 394 g/mol. The highest BCUT2D eigenvalue weighted by Gasteiger charge is 2.25. The number of amides is 2. The van der Waals surface area contributed by atoms with Crippen LogP contribution in [0.1, 0.15) is 44.6 Å². The number of anilines is 1. The molecule has 0 aromatic carbocycles. The van der Waals surface area contributed by atoms with Gasteiger partial charge in [-0.15, -0.1) is 0 Å². The van der Waals surface area contributed by atoms with E-state index in [-0.39, 0.29) is 17.7 Å². The third-order valence-corrected chi connectivity index (χ3v) is 5.88. The highest BCUT2D eigenvalue weighted by atomic mass is 16.2. The molecule has 2 aliphatic rings. The number of nitrogens with two attached hydrogens (primary N) is 1. The van der Waals surface area contributed by atoms with Crippen LogP contribution < -0.4 is 21.3 Å². The van der Waals surface area contributed by atoms with Gasteiger partial charge in [0.1, 0.15) is 5.82 Å². The number of hydrogen-bond acceptors (Lipinski definition) is 5. The molecule has 4 N–H and O–H groups in total. The molecule has 0 unspecified atom stereocenters. The molecule has 0 saturated carbocycles. The van der Waals surface area contributed by atoms with E-state index in [2.05, 4.69) is 26.6 Å². The van der Waals surface area contributed by atoms with E-state index in [9.17, 15) is 9.59 Å². The maximum absolute atomic E-state index is 11.7. The van der Waals surface area contributed by atoms with E-state index in [0.29, 0.717) is 13.0 Å². The largest absolute Gasteiger partial charge is 0.369 e. The standard InChI is InChI=1S/C22H35N7O2/c1-2-24-22(26-11-5-13-28-12-4-7-19(28)30)27-16-18-6-3-10-25-21(18)29-14-8-17(9-15-29)20(23)31/h3,6,10,17H,2,4-5,7-9,11-16H2,1H3,(H2,23,31)(H2,24,26,27). The maximum Gasteiger partial charge on any atom is 0.222 e. The zero-order valence-electron chi connectivity index (χ0n) is 18.5. The van der Waals surface area contributed by atoms with Gasteiger partial charge in [0.15, 0.2) is 5.96 Å². The van der Waals surface area contributed by atoms with Crippen LogP contribution in [0, 0.1) is 5.92 Å². The molecule has 0 atom stereocenters. The fourth-order valence-corrected chi connectivity index (χ4v) is 4.14. The van der Waals surface area contributed by atoms with Gasteiger partial charge < -0.3 is 26.2 Å². The van der Waals surface area contributed by atoms with Crippen molar-refractivity contribution in [3.05, 3.63) is 23.9 Å². The molecule has 170 valence electrons. The maximum atomic E-state index is 11.7. The van der Waals surface area contributed by atoms with Crippen molar-refractivity contribution >= 4 is 23.6 Å². The molecule has 0 bridgehead atoms. The van der Waals surface area contributed by atoms with Gasteiger partial charge in [-0.25, -0.2) is 9.98 Å². The van der Waals surface area contributed by atoms with Crippen molar-refractivity contribution in [2.75, 3.05) is 44.2 Å². The summed E-state index contributed by atoms with van der Waals surface area (Å²) >= 11 is 0. The van der Waals surface area contributed by atoms with Crippen molar-refractivity contribution in [3.63, 3.8) is 0 Å². The molecule has 3 rings (SSSR count). The molecule has 2 aliphatic heterocycles. The number of hydrogen-bond donors (Lipinski definition) is 3. The van der Waals surface area contributed by atoms with Gasteiger partial charge in [-0.3, -0.25) is 9.59 Å². The summed E-state index contributed by atoms with van der Waals surface area (Å²) in [5, 5.41) is 6.64. The topological polar surface area (TPSA) is 116 Å². The van der Waals surface area contributed by atoms with E-state index in [4.69, 9.17) is 10.7 Å². The van der Waals surface area contributed by atoms with E-state index < -0.39 is 0 Å². The molecule has 1 aromatic rings. The summed E-state index contributed by atoms with van der Waals surface area (Å²) in [5.74, 6) is 1.71. The van der Waals surface area contributed by atoms with Crippen LogP contribution in [0.4, 0.5) is 5.82 Å². The van der Waals surface area contributed by atoms with Crippen LogP contribution in [0.15, 0.2) is 23.3 Å². The Hall–Kier alpha value is -2.84. The number of nitrogens with zero attached hydrogens (tertiary/aromatic N) is 4. The minimum atomic E-state index is -0.207. The zero-order valence-corrected chi connectivity index (χ0v) is 18.5. The lowest BCUT2D eigenvalue weighted by molar-refractivity contribution is -0.127. The van der Waals surface area contributed by atoms with Crippen molar-refractivity contribution in [1.29, 1.82) is 0 Å². The second-order valence-corrected chi connectivity index (χ2v) is 8.11. The van der Waals surface area contributed by atoms with Crippen LogP contribution in [0.25, 0.3) is 0 Å². The van der Waals surface area contributed by atoms with Crippen molar-refractivity contribution < 1.29 is 9.59 Å². The Balaban J connectivity index is 1.54. The SMILES string of the molecule is CCNC(=NCc1cccnc1N1CCC(C(N)=O)CC1)NCCCN1CCCC1=O. The number of primary amides is 1. The third-order valence-electron chi connectivity index (χ3n) is 5.88. The van der Waals surface area contributed by atoms with E-state index in [0.717, 1.165) is 82.3 Å². The lowest BCUT2D eigenvalue weighted by atomic mass is 9.96. The van der Waals surface area contributed by atoms with Gasteiger partial charge in [0, 0.05) is 63.4 Å². The minimum Gasteiger partial charge on any atom is -0.369 e. The van der Waals surface area contributed by atoms with Gasteiger partial charge >= 0.3 is 0 Å². The fraction of sp³-hybridized carbons (Fsp3) is 0.636. The minimum absolute atomic E-state index is 0.0400. The third kappa shape index (κ3) is 6.57. The van der Waals surface area contributed by atoms with Crippen LogP contribution in [0.5, 0.6) is 0 Å². The fourth-order valence-electron chi connectivity index (χ4n) is 4.14. The normalized spacial score (nSPS) is 17.8. The number of guanidine groups is 1. The van der Waals surface area contributed by atoms with Gasteiger partial charge in [-0.1, -0.05) is 6.07 Å². The van der Waals surface area contributed by atoms with Crippen molar-refractivity contribution in [2.45, 2.75) is 45.6 Å². The molecule has 0 spiro atoms. The van der Waals surface area contributed by atoms with E-state index in [1.54, 1.807) is 6.20 Å². The van der Waals surface area contributed by atoms with Crippen molar-refractivity contribution in [3.8, 4) is 0 Å². The van der Waals surface area contributed by atoms with Crippen molar-refractivity contribution in [2.24, 2.45) is 16.6 Å². The van der Waals surface area contributed by atoms with Crippen LogP contribution in [-0.2, 0) is 16.1 Å². The number of likely N-dealkylation sites (tertiary alicyclic amines) is 1. The Bertz CT molecular complexity index is 775. The second-order valence-electron chi connectivity index (χ2n) is 8.11. The van der Waals surface area contributed by atoms with Crippen LogP contribution >= 0.6 is 0 Å². The summed E-state index contributed by atoms with van der Waals surface area (Å²) < 4.78 is 0. The average Bonchev–Trinajstić information content (AvgIpc) is 3.19. The van der Waals surface area contributed by atoms with E-state index in [1.807, 2.05) is 17.9 Å². The molecule has 9 nitrogen and oxygen atoms in total. The summed E-state index contributed by atoms with van der Waals surface area (Å²) in [6.45, 7) is 7.31. The number of nitrogens with one attached hydrogen (secondary N) is 2. The lowest BCUT2D eigenvalue weighted by Gasteiger charge is -2.32. The Morgan fingerprint density at radius 1 is 1.29 bits per heavy atom. The van der Waals surface area contributed by atoms with E-state index >= 15 is 0 Å². The first kappa shape index (κ1) is 22.8. The van der Waals surface area contributed by atoms with Crippen LogP contribution in [0.3, 0.4) is 0 Å². The van der Waals surface area contributed by atoms with Gasteiger partial charge in [0.05, 0.1) is 6.54 Å². The summed E-state index contributed by atoms with van der Waals surface area (Å²) in [4.78, 5) is 36.6. The van der Waals surface area contributed by atoms with Gasteiger partial charge in [-0.05, 0) is 38.7 Å². The van der Waals surface area contributed by atoms with Gasteiger partial charge in [0.2, 0.25) is 11.8 Å². The number of pyridine rings is 1. The molecule has 2 fully saturated rings. The monoisotopic (exact) mass is 429 g/mol. The first-order valence-corrected chi connectivity index (χ1v) is 11.4. The number of piperidine rings is 1. The van der Waals surface area contributed by atoms with Crippen molar-refractivity contribution in [1.82, 2.24) is 20.5 Å². The smallest absolute Gasteiger partial charge is 0.222 e. The molecule has 31 heavy (non-hydrogen) atoms. The number of aromatic nitrogens is 1. The summed E-state index contributed by atoms with van der Waals surface area (Å²) in [7, 11) is 0. The summed E-state index contributed by atoms with van der Waals surface area (Å²) in [6.07, 6.45) is 5.88. The number of carbonyl (C=O) groups excluding carboxylic acids is 2. The Labute approximate surface area is 184 Å². The highest BCUT2D eigenvalue weighted by Crippen LogP contribution is 2.24. The molecule has 3 heterocycles. The molecule has 1 aromatic heterocycles. The summed E-state index contributed by atoms with van der Waals surface area (Å²) in [6, 6.07) is 3.98. The van der Waals surface area contributed by atoms with Crippen LogP contribution in [-0.4, -0.2) is 66.9 Å². The predicted octanol–water partition coefficient (Wildman–Crippen LogP) is 0.851. The Morgan fingerprint density at radius 3 is 2.77 bits per heavy atom. The van der Waals surface area contributed by atoms with E-state index in [1.165, 1.54) is 0 Å². The quantitative estimate of drug-likeness (QED) is 0.304. The molecule has 2 saturated heterocycles. The predicted molar refractivity (Wildman–Crippen MR) is 122 cm³/mol. The van der Waals surface area contributed by atoms with Gasteiger partial charge in [0.25, 0.3) is 0 Å². The second kappa shape index (κ2) is 11.5. The zero-order chi connectivity index (χ0) is 22.1. The molecule has 0 aliphatic carbocycles. The van der Waals surface area contributed by atoms with Crippen LogP contribution in [0.2, 0.25) is 0 Å². The highest BCUT2D eigenvalue weighted by molar-refractivity contribution is 5.80. The molecule has 0 radical (unpaired) electrons. The molecule has 2 amide bonds. The summed E-state index contributed by atoms with van der Waals surface area (Å²) in [5.41, 5.74) is 6.51. The first-order valence-electron chi connectivity index (χ1n) is 11.4. The van der Waals surface area contributed by atoms with Gasteiger partial charge in [-0.2, -0.15) is 0 Å². The Morgan fingerprint density at radius 2 is 2.10 bits per heavy atom. The number of rotatable bonds is 9. The molecule has 9 heteroatoms. The Kier molecular flexibility index (Phi) is 8.49. The number of aliphatic imine (C=N–C) groups is 1. The lowest BCUT2D eigenvalue weighted by Crippen LogP contribution is -2.39.